The van der Waals surface area contributed by atoms with Gasteiger partial charge in [0.2, 0.25) is 5.91 Å². The Morgan fingerprint density at radius 2 is 1.97 bits per heavy atom. The first-order valence-corrected chi connectivity index (χ1v) is 11.6. The molecule has 0 bridgehead atoms. The lowest BCUT2D eigenvalue weighted by Crippen LogP contribution is -2.31. The second kappa shape index (κ2) is 9.37. The summed E-state index contributed by atoms with van der Waals surface area (Å²) >= 11 is 3.16. The highest BCUT2D eigenvalue weighted by Crippen LogP contribution is 2.33. The van der Waals surface area contributed by atoms with Gasteiger partial charge >= 0.3 is 0 Å². The molecule has 3 aromatic rings. The van der Waals surface area contributed by atoms with Gasteiger partial charge in [-0.1, -0.05) is 80.1 Å². The van der Waals surface area contributed by atoms with Crippen molar-refractivity contribution in [1.82, 2.24) is 4.90 Å². The molecular formula is C23H23N3OS2. The smallest absolute Gasteiger partial charge is 0.242 e. The fraction of sp³-hybridized carbons (Fsp3) is 0.261. The molecule has 0 saturated carbocycles. The van der Waals surface area contributed by atoms with Crippen molar-refractivity contribution < 1.29 is 4.79 Å². The summed E-state index contributed by atoms with van der Waals surface area (Å²) in [7, 11) is 0. The van der Waals surface area contributed by atoms with Crippen LogP contribution >= 0.6 is 23.1 Å². The van der Waals surface area contributed by atoms with Gasteiger partial charge in [0.1, 0.15) is 0 Å². The van der Waals surface area contributed by atoms with Gasteiger partial charge in [-0.15, -0.1) is 16.4 Å². The van der Waals surface area contributed by atoms with Crippen molar-refractivity contribution in [2.45, 2.75) is 38.0 Å². The molecule has 6 heteroatoms. The van der Waals surface area contributed by atoms with Gasteiger partial charge in [-0.2, -0.15) is 5.10 Å². The first-order valence-electron chi connectivity index (χ1n) is 9.85. The number of thiophene rings is 1. The number of fused-ring (bicyclic) bond motifs is 1. The average molecular weight is 422 g/mol. The molecule has 1 amide bonds. The van der Waals surface area contributed by atoms with Crippen molar-refractivity contribution in [1.29, 1.82) is 0 Å². The lowest BCUT2D eigenvalue weighted by molar-refractivity contribution is -0.126. The highest BCUT2D eigenvalue weighted by Gasteiger charge is 2.37. The van der Waals surface area contributed by atoms with Crippen LogP contribution in [0.5, 0.6) is 0 Å². The first-order chi connectivity index (χ1) is 14.3. The Balaban J connectivity index is 1.62. The Morgan fingerprint density at radius 3 is 2.79 bits per heavy atom. The van der Waals surface area contributed by atoms with Crippen molar-refractivity contribution in [3.05, 3.63) is 70.4 Å². The molecule has 0 radical (unpaired) electrons. The highest BCUT2D eigenvalue weighted by molar-refractivity contribution is 8.15. The molecular weight excluding hydrogens is 398 g/mol. The van der Waals surface area contributed by atoms with Crippen molar-refractivity contribution in [3.63, 3.8) is 0 Å². The van der Waals surface area contributed by atoms with Crippen LogP contribution < -0.4 is 0 Å². The lowest BCUT2D eigenvalue weighted by atomic mass is 10.0. The number of carbonyl (C=O) groups is 1. The predicted octanol–water partition coefficient (Wildman–Crippen LogP) is 5.93. The van der Waals surface area contributed by atoms with E-state index in [1.807, 2.05) is 35.7 Å². The summed E-state index contributed by atoms with van der Waals surface area (Å²) in [6.45, 7) is 2.67. The molecule has 2 aromatic carbocycles. The summed E-state index contributed by atoms with van der Waals surface area (Å²) in [5.41, 5.74) is 1.13. The van der Waals surface area contributed by atoms with E-state index < -0.39 is 0 Å². The normalized spacial score (nSPS) is 18.5. The molecule has 1 aromatic heterocycles. The number of carbonyl (C=O) groups excluding carboxylic acids is 1. The number of amidine groups is 1. The maximum absolute atomic E-state index is 13.1. The van der Waals surface area contributed by atoms with Gasteiger partial charge in [0.25, 0.3) is 0 Å². The first kappa shape index (κ1) is 19.9. The summed E-state index contributed by atoms with van der Waals surface area (Å²) in [6.07, 6.45) is 4.74. The zero-order valence-electron chi connectivity index (χ0n) is 16.3. The molecule has 0 aliphatic carbocycles. The third-order valence-electron chi connectivity index (χ3n) is 4.92. The zero-order chi connectivity index (χ0) is 20.1. The molecule has 0 N–H and O–H groups in total. The van der Waals surface area contributed by atoms with Crippen LogP contribution in [-0.4, -0.2) is 27.4 Å². The van der Waals surface area contributed by atoms with Crippen LogP contribution in [0.2, 0.25) is 0 Å². The largest absolute Gasteiger partial charge is 0.284 e. The minimum atomic E-state index is -0.0689. The van der Waals surface area contributed by atoms with Crippen molar-refractivity contribution in [3.8, 4) is 0 Å². The van der Waals surface area contributed by atoms with Crippen LogP contribution in [0, 0.1) is 0 Å². The average Bonchev–Trinajstić information content (AvgIpc) is 3.36. The fourth-order valence-corrected chi connectivity index (χ4v) is 5.13. The zero-order valence-corrected chi connectivity index (χ0v) is 18.0. The molecule has 1 aliphatic rings. The highest BCUT2D eigenvalue weighted by atomic mass is 32.2. The quantitative estimate of drug-likeness (QED) is 0.351. The number of unbranched alkanes of at least 4 members (excludes halogenated alkanes) is 1. The molecule has 4 nitrogen and oxygen atoms in total. The van der Waals surface area contributed by atoms with Crippen LogP contribution in [0.4, 0.5) is 0 Å². The molecule has 1 saturated heterocycles. The van der Waals surface area contributed by atoms with Crippen molar-refractivity contribution >= 4 is 51.2 Å². The third-order valence-corrected chi connectivity index (χ3v) is 6.96. The maximum Gasteiger partial charge on any atom is 0.242 e. The van der Waals surface area contributed by atoms with E-state index in [2.05, 4.69) is 41.4 Å². The Morgan fingerprint density at radius 1 is 1.10 bits per heavy atom. The summed E-state index contributed by atoms with van der Waals surface area (Å²) in [6, 6.07) is 18.5. The van der Waals surface area contributed by atoms with E-state index in [1.54, 1.807) is 34.2 Å². The monoisotopic (exact) mass is 421 g/mol. The second-order valence-corrected chi connectivity index (χ2v) is 9.10. The molecule has 1 atom stereocenters. The number of rotatable bonds is 7. The number of hydrogen-bond acceptors (Lipinski definition) is 5. The number of benzene rings is 2. The predicted molar refractivity (Wildman–Crippen MR) is 125 cm³/mol. The molecule has 0 unspecified atom stereocenters. The van der Waals surface area contributed by atoms with E-state index in [0.29, 0.717) is 11.7 Å². The van der Waals surface area contributed by atoms with E-state index >= 15 is 0 Å². The lowest BCUT2D eigenvalue weighted by Gasteiger charge is -2.17. The van der Waals surface area contributed by atoms with Crippen LogP contribution in [0.3, 0.4) is 0 Å². The van der Waals surface area contributed by atoms with Gasteiger partial charge in [0.05, 0.1) is 18.0 Å². The van der Waals surface area contributed by atoms with Gasteiger partial charge in [-0.25, -0.2) is 0 Å². The van der Waals surface area contributed by atoms with Gasteiger partial charge in [-0.05, 0) is 34.2 Å². The van der Waals surface area contributed by atoms with Crippen molar-refractivity contribution in [2.24, 2.45) is 10.2 Å². The Bertz CT molecular complexity index is 1040. The van der Waals surface area contributed by atoms with Gasteiger partial charge in [0, 0.05) is 4.88 Å². The Labute approximate surface area is 179 Å². The molecule has 0 spiro atoms. The molecule has 1 aliphatic heterocycles. The summed E-state index contributed by atoms with van der Waals surface area (Å²) in [4.78, 5) is 16.0. The SMILES string of the molecule is CCCC[C@H]1S/C(=N/N=C\c2cccs2)N(Cc2cccc3ccccc23)C1=O. The summed E-state index contributed by atoms with van der Waals surface area (Å²) in [5.74, 6) is 0.140. The fourth-order valence-electron chi connectivity index (χ4n) is 3.40. The molecule has 2 heterocycles. The maximum atomic E-state index is 13.1. The number of nitrogens with zero attached hydrogens (tertiary/aromatic N) is 3. The van der Waals surface area contributed by atoms with Crippen LogP contribution in [0.25, 0.3) is 10.8 Å². The second-order valence-electron chi connectivity index (χ2n) is 6.95. The third kappa shape index (κ3) is 4.60. The minimum absolute atomic E-state index is 0.0689. The van der Waals surface area contributed by atoms with Crippen LogP contribution in [0.15, 0.2) is 70.2 Å². The van der Waals surface area contributed by atoms with Crippen LogP contribution in [0.1, 0.15) is 36.6 Å². The summed E-state index contributed by atoms with van der Waals surface area (Å²) < 4.78 is 0. The van der Waals surface area contributed by atoms with E-state index in [9.17, 15) is 4.79 Å². The molecule has 4 rings (SSSR count). The Hall–Kier alpha value is -2.44. The van der Waals surface area contributed by atoms with E-state index in [0.717, 1.165) is 29.7 Å². The Kier molecular flexibility index (Phi) is 6.42. The van der Waals surface area contributed by atoms with E-state index in [1.165, 1.54) is 10.8 Å². The van der Waals surface area contributed by atoms with Gasteiger partial charge < -0.3 is 0 Å². The van der Waals surface area contributed by atoms with Gasteiger partial charge in [-0.3, -0.25) is 9.69 Å². The molecule has 1 fully saturated rings. The minimum Gasteiger partial charge on any atom is -0.284 e. The number of hydrogen-bond donors (Lipinski definition) is 0. The number of thioether (sulfide) groups is 1. The van der Waals surface area contributed by atoms with E-state index in [-0.39, 0.29) is 11.2 Å². The topological polar surface area (TPSA) is 45.0 Å². The van der Waals surface area contributed by atoms with Crippen LogP contribution in [-0.2, 0) is 11.3 Å². The molecule has 29 heavy (non-hydrogen) atoms. The van der Waals surface area contributed by atoms with Crippen molar-refractivity contribution in [2.75, 3.05) is 0 Å². The van der Waals surface area contributed by atoms with E-state index in [4.69, 9.17) is 0 Å². The standard InChI is InChI=1S/C23H23N3OS2/c1-2-3-13-21-22(27)26(23(29-21)25-24-15-19-11-7-14-28-19)16-18-10-6-9-17-8-4-5-12-20(17)18/h4-12,14-15,21H,2-3,13,16H2,1H3/b24-15-,25-23+/t21-/m1/s1. The summed E-state index contributed by atoms with van der Waals surface area (Å²) in [5, 5.41) is 13.7. The molecule has 148 valence electrons. The van der Waals surface area contributed by atoms with Gasteiger partial charge in [0.15, 0.2) is 5.17 Å². The number of amides is 1.